The predicted molar refractivity (Wildman–Crippen MR) is 62.7 cm³/mol. The summed E-state index contributed by atoms with van der Waals surface area (Å²) >= 11 is 3.43. The summed E-state index contributed by atoms with van der Waals surface area (Å²) < 4.78 is 1.05. The number of pyridine rings is 1. The normalized spacial score (nSPS) is 19.3. The van der Waals surface area contributed by atoms with Gasteiger partial charge >= 0.3 is 0 Å². The van der Waals surface area contributed by atoms with Gasteiger partial charge in [0.05, 0.1) is 0 Å². The predicted octanol–water partition coefficient (Wildman–Crippen LogP) is 3.00. The van der Waals surface area contributed by atoms with Crippen LogP contribution in [0, 0.1) is 12.3 Å². The molecule has 0 N–H and O–H groups in total. The minimum atomic E-state index is 0.460. The average molecular weight is 255 g/mol. The molecule has 1 saturated heterocycles. The van der Waals surface area contributed by atoms with Crippen molar-refractivity contribution in [3.05, 3.63) is 22.3 Å². The Balaban J connectivity index is 2.19. The Morgan fingerprint density at radius 1 is 1.43 bits per heavy atom. The first-order valence-corrected chi connectivity index (χ1v) is 5.64. The Hall–Kier alpha value is -0.570. The number of nitrogens with zero attached hydrogens (tertiary/aromatic N) is 2. The molecule has 0 saturated carbocycles. The number of rotatable bonds is 1. The van der Waals surface area contributed by atoms with Gasteiger partial charge in [-0.25, -0.2) is 4.98 Å². The summed E-state index contributed by atoms with van der Waals surface area (Å²) in [6.45, 7) is 8.92. The van der Waals surface area contributed by atoms with Crippen molar-refractivity contribution in [1.82, 2.24) is 4.98 Å². The van der Waals surface area contributed by atoms with Gasteiger partial charge in [0, 0.05) is 23.8 Å². The van der Waals surface area contributed by atoms with E-state index in [9.17, 15) is 0 Å². The summed E-state index contributed by atoms with van der Waals surface area (Å²) in [6.07, 6.45) is 1.87. The van der Waals surface area contributed by atoms with E-state index >= 15 is 0 Å². The van der Waals surface area contributed by atoms with Crippen molar-refractivity contribution in [2.24, 2.45) is 5.41 Å². The van der Waals surface area contributed by atoms with Crippen LogP contribution in [0.5, 0.6) is 0 Å². The quantitative estimate of drug-likeness (QED) is 0.766. The maximum Gasteiger partial charge on any atom is 0.131 e. The fourth-order valence-electron chi connectivity index (χ4n) is 2.00. The first kappa shape index (κ1) is 9.97. The smallest absolute Gasteiger partial charge is 0.131 e. The maximum atomic E-state index is 4.44. The Morgan fingerprint density at radius 2 is 2.07 bits per heavy atom. The third kappa shape index (κ3) is 1.78. The Kier molecular flexibility index (Phi) is 2.30. The molecular weight excluding hydrogens is 240 g/mol. The first-order chi connectivity index (χ1) is 6.48. The lowest BCUT2D eigenvalue weighted by Gasteiger charge is -2.47. The summed E-state index contributed by atoms with van der Waals surface area (Å²) in [5.74, 6) is 1.13. The molecule has 0 aliphatic carbocycles. The monoisotopic (exact) mass is 254 g/mol. The van der Waals surface area contributed by atoms with Crippen molar-refractivity contribution in [2.75, 3.05) is 18.0 Å². The van der Waals surface area contributed by atoms with E-state index in [0.29, 0.717) is 5.41 Å². The van der Waals surface area contributed by atoms with Crippen LogP contribution in [0.2, 0.25) is 0 Å². The van der Waals surface area contributed by atoms with Gasteiger partial charge in [-0.3, -0.25) is 0 Å². The van der Waals surface area contributed by atoms with E-state index in [0.717, 1.165) is 23.4 Å². The molecule has 0 spiro atoms. The van der Waals surface area contributed by atoms with E-state index in [-0.39, 0.29) is 0 Å². The van der Waals surface area contributed by atoms with Gasteiger partial charge in [-0.2, -0.15) is 0 Å². The minimum Gasteiger partial charge on any atom is -0.355 e. The summed E-state index contributed by atoms with van der Waals surface area (Å²) in [6, 6.07) is 2.12. The molecule has 0 bridgehead atoms. The zero-order chi connectivity index (χ0) is 10.3. The molecular formula is C11H15BrN2. The van der Waals surface area contributed by atoms with Crippen molar-refractivity contribution in [1.29, 1.82) is 0 Å². The Labute approximate surface area is 93.5 Å². The van der Waals surface area contributed by atoms with E-state index in [1.54, 1.807) is 0 Å². The standard InChI is InChI=1S/C11H15BrN2/c1-8-4-9(12)5-13-10(8)14-6-11(2,3)7-14/h4-5H,6-7H2,1-3H3. The zero-order valence-electron chi connectivity index (χ0n) is 8.84. The molecule has 2 heterocycles. The molecule has 0 aromatic carbocycles. The summed E-state index contributed by atoms with van der Waals surface area (Å²) in [5, 5.41) is 0. The van der Waals surface area contributed by atoms with Gasteiger partial charge in [0.2, 0.25) is 0 Å². The van der Waals surface area contributed by atoms with E-state index in [4.69, 9.17) is 0 Å². The topological polar surface area (TPSA) is 16.1 Å². The number of halogens is 1. The second-order valence-corrected chi connectivity index (χ2v) is 5.73. The molecule has 0 radical (unpaired) electrons. The second kappa shape index (κ2) is 3.23. The van der Waals surface area contributed by atoms with Gasteiger partial charge in [0.25, 0.3) is 0 Å². The van der Waals surface area contributed by atoms with Gasteiger partial charge in [0.15, 0.2) is 0 Å². The van der Waals surface area contributed by atoms with Crippen molar-refractivity contribution in [2.45, 2.75) is 20.8 Å². The lowest BCUT2D eigenvalue weighted by molar-refractivity contribution is 0.274. The van der Waals surface area contributed by atoms with Crippen molar-refractivity contribution >= 4 is 21.7 Å². The molecule has 1 aromatic heterocycles. The van der Waals surface area contributed by atoms with Crippen molar-refractivity contribution < 1.29 is 0 Å². The molecule has 3 heteroatoms. The number of aryl methyl sites for hydroxylation is 1. The van der Waals surface area contributed by atoms with Crippen LogP contribution < -0.4 is 4.90 Å². The fraction of sp³-hybridized carbons (Fsp3) is 0.545. The molecule has 0 amide bonds. The highest BCUT2D eigenvalue weighted by Crippen LogP contribution is 2.34. The van der Waals surface area contributed by atoms with Crippen LogP contribution >= 0.6 is 15.9 Å². The van der Waals surface area contributed by atoms with Crippen LogP contribution in [-0.4, -0.2) is 18.1 Å². The SMILES string of the molecule is Cc1cc(Br)cnc1N1CC(C)(C)C1. The lowest BCUT2D eigenvalue weighted by atomic mass is 9.84. The van der Waals surface area contributed by atoms with Crippen molar-refractivity contribution in [3.63, 3.8) is 0 Å². The summed E-state index contributed by atoms with van der Waals surface area (Å²) in [4.78, 5) is 6.78. The van der Waals surface area contributed by atoms with Gasteiger partial charge in [-0.05, 0) is 39.9 Å². The highest BCUT2D eigenvalue weighted by atomic mass is 79.9. The molecule has 2 rings (SSSR count). The van der Waals surface area contributed by atoms with Gasteiger partial charge in [0.1, 0.15) is 5.82 Å². The molecule has 0 atom stereocenters. The number of hydrogen-bond donors (Lipinski definition) is 0. The lowest BCUT2D eigenvalue weighted by Crippen LogP contribution is -2.53. The van der Waals surface area contributed by atoms with E-state index in [2.05, 4.69) is 52.7 Å². The van der Waals surface area contributed by atoms with Crippen LogP contribution in [0.4, 0.5) is 5.82 Å². The molecule has 1 aliphatic heterocycles. The van der Waals surface area contributed by atoms with Crippen LogP contribution in [0.15, 0.2) is 16.7 Å². The fourth-order valence-corrected chi connectivity index (χ4v) is 2.45. The van der Waals surface area contributed by atoms with E-state index in [1.807, 2.05) is 6.20 Å². The van der Waals surface area contributed by atoms with Crippen LogP contribution in [0.25, 0.3) is 0 Å². The van der Waals surface area contributed by atoms with Gasteiger partial charge in [-0.1, -0.05) is 13.8 Å². The third-order valence-corrected chi connectivity index (χ3v) is 2.99. The summed E-state index contributed by atoms with van der Waals surface area (Å²) in [5.41, 5.74) is 1.70. The first-order valence-electron chi connectivity index (χ1n) is 4.85. The number of hydrogen-bond acceptors (Lipinski definition) is 2. The molecule has 14 heavy (non-hydrogen) atoms. The largest absolute Gasteiger partial charge is 0.355 e. The molecule has 2 nitrogen and oxygen atoms in total. The van der Waals surface area contributed by atoms with Crippen LogP contribution in [-0.2, 0) is 0 Å². The Morgan fingerprint density at radius 3 is 2.57 bits per heavy atom. The molecule has 0 unspecified atom stereocenters. The zero-order valence-corrected chi connectivity index (χ0v) is 10.4. The minimum absolute atomic E-state index is 0.460. The van der Waals surface area contributed by atoms with E-state index in [1.165, 1.54) is 5.56 Å². The molecule has 76 valence electrons. The van der Waals surface area contributed by atoms with Crippen LogP contribution in [0.1, 0.15) is 19.4 Å². The van der Waals surface area contributed by atoms with Crippen molar-refractivity contribution in [3.8, 4) is 0 Å². The molecule has 1 aliphatic rings. The van der Waals surface area contributed by atoms with Gasteiger partial charge in [-0.15, -0.1) is 0 Å². The van der Waals surface area contributed by atoms with Crippen LogP contribution in [0.3, 0.4) is 0 Å². The number of aromatic nitrogens is 1. The highest BCUT2D eigenvalue weighted by Gasteiger charge is 2.35. The summed E-state index contributed by atoms with van der Waals surface area (Å²) in [7, 11) is 0. The maximum absolute atomic E-state index is 4.44. The highest BCUT2D eigenvalue weighted by molar-refractivity contribution is 9.10. The molecule has 1 fully saturated rings. The van der Waals surface area contributed by atoms with Gasteiger partial charge < -0.3 is 4.90 Å². The van der Waals surface area contributed by atoms with E-state index < -0.39 is 0 Å². The molecule has 1 aromatic rings. The average Bonchev–Trinajstić information content (AvgIpc) is 2.00. The second-order valence-electron chi connectivity index (χ2n) is 4.81. The third-order valence-electron chi connectivity index (χ3n) is 2.55. The number of anilines is 1. The Bertz CT molecular complexity index is 352.